The lowest BCUT2D eigenvalue weighted by Crippen LogP contribution is -2.49. The van der Waals surface area contributed by atoms with Gasteiger partial charge in [0, 0.05) is 23.5 Å². The van der Waals surface area contributed by atoms with E-state index in [9.17, 15) is 4.79 Å². The van der Waals surface area contributed by atoms with Crippen molar-refractivity contribution in [3.63, 3.8) is 0 Å². The third-order valence-corrected chi connectivity index (χ3v) is 3.96. The zero-order valence-electron chi connectivity index (χ0n) is 10.6. The van der Waals surface area contributed by atoms with Crippen LogP contribution >= 0.6 is 15.9 Å². The summed E-state index contributed by atoms with van der Waals surface area (Å²) < 4.78 is 1.05. The Kier molecular flexibility index (Phi) is 4.40. The Labute approximate surface area is 116 Å². The molecule has 0 aliphatic carbocycles. The number of amides is 1. The molecule has 1 aromatic rings. The van der Waals surface area contributed by atoms with Crippen LogP contribution < -0.4 is 5.73 Å². The van der Waals surface area contributed by atoms with Crippen LogP contribution in [0.25, 0.3) is 0 Å². The van der Waals surface area contributed by atoms with Gasteiger partial charge < -0.3 is 10.6 Å². The molecule has 1 aromatic carbocycles. The Balaban J connectivity index is 2.30. The molecule has 18 heavy (non-hydrogen) atoms. The highest BCUT2D eigenvalue weighted by Crippen LogP contribution is 2.31. The lowest BCUT2D eigenvalue weighted by atomic mass is 9.90. The number of piperidine rings is 1. The average Bonchev–Trinajstić information content (AvgIpc) is 2.36. The van der Waals surface area contributed by atoms with Crippen LogP contribution in [-0.2, 0) is 4.79 Å². The summed E-state index contributed by atoms with van der Waals surface area (Å²) in [5, 5.41) is 0. The Morgan fingerprint density at radius 3 is 2.67 bits per heavy atom. The highest BCUT2D eigenvalue weighted by molar-refractivity contribution is 9.10. The van der Waals surface area contributed by atoms with E-state index < -0.39 is 0 Å². The topological polar surface area (TPSA) is 46.3 Å². The number of likely N-dealkylation sites (tertiary alicyclic amines) is 1. The number of nitrogens with zero attached hydrogens (tertiary/aromatic N) is 1. The molecule has 0 saturated carbocycles. The first-order chi connectivity index (χ1) is 8.63. The first-order valence-corrected chi connectivity index (χ1v) is 7.23. The summed E-state index contributed by atoms with van der Waals surface area (Å²) in [5.74, 6) is 0.228. The molecule has 2 unspecified atom stereocenters. The molecule has 2 atom stereocenters. The predicted octanol–water partition coefficient (Wildman–Crippen LogP) is 2.85. The van der Waals surface area contributed by atoms with E-state index in [-0.39, 0.29) is 18.0 Å². The summed E-state index contributed by atoms with van der Waals surface area (Å²) in [6, 6.07) is 8.18. The van der Waals surface area contributed by atoms with Gasteiger partial charge in [0.1, 0.15) is 0 Å². The highest BCUT2D eigenvalue weighted by Gasteiger charge is 2.34. The maximum atomic E-state index is 12.0. The molecule has 98 valence electrons. The quantitative estimate of drug-likeness (QED) is 0.933. The minimum absolute atomic E-state index is 0.0271. The van der Waals surface area contributed by atoms with Gasteiger partial charge in [-0.2, -0.15) is 0 Å². The van der Waals surface area contributed by atoms with E-state index in [2.05, 4.69) is 35.0 Å². The largest absolute Gasteiger partial charge is 0.334 e. The molecule has 1 aliphatic rings. The van der Waals surface area contributed by atoms with Crippen LogP contribution in [0.1, 0.15) is 37.8 Å². The van der Waals surface area contributed by atoms with E-state index in [0.29, 0.717) is 6.42 Å². The standard InChI is InChI=1S/C14H19BrN2O/c1-2-9-17-13(18)8-7-12(16)14(17)10-3-5-11(15)6-4-10/h3-6,12,14H,2,7-9,16H2,1H3. The van der Waals surface area contributed by atoms with Crippen LogP contribution in [0.5, 0.6) is 0 Å². The van der Waals surface area contributed by atoms with E-state index in [0.717, 1.165) is 29.4 Å². The Morgan fingerprint density at radius 2 is 2.06 bits per heavy atom. The molecule has 4 heteroatoms. The molecule has 0 spiro atoms. The molecule has 0 bridgehead atoms. The summed E-state index contributed by atoms with van der Waals surface area (Å²) in [6.45, 7) is 2.87. The lowest BCUT2D eigenvalue weighted by Gasteiger charge is -2.40. The number of benzene rings is 1. The number of hydrogen-bond donors (Lipinski definition) is 1. The van der Waals surface area contributed by atoms with Crippen molar-refractivity contribution in [3.8, 4) is 0 Å². The average molecular weight is 311 g/mol. The van der Waals surface area contributed by atoms with Gasteiger partial charge >= 0.3 is 0 Å². The number of hydrogen-bond acceptors (Lipinski definition) is 2. The Hall–Kier alpha value is -0.870. The second-order valence-corrected chi connectivity index (χ2v) is 5.70. The summed E-state index contributed by atoms with van der Waals surface area (Å²) in [5.41, 5.74) is 7.36. The minimum atomic E-state index is 0.0271. The smallest absolute Gasteiger partial charge is 0.223 e. The van der Waals surface area contributed by atoms with Crippen LogP contribution in [0.2, 0.25) is 0 Å². The van der Waals surface area contributed by atoms with Gasteiger partial charge in [-0.25, -0.2) is 0 Å². The Bertz CT molecular complexity index is 418. The van der Waals surface area contributed by atoms with Crippen molar-refractivity contribution in [2.45, 2.75) is 38.3 Å². The molecular weight excluding hydrogens is 292 g/mol. The van der Waals surface area contributed by atoms with Crippen molar-refractivity contribution >= 4 is 21.8 Å². The van der Waals surface area contributed by atoms with Crippen molar-refractivity contribution in [1.29, 1.82) is 0 Å². The number of carbonyl (C=O) groups is 1. The maximum Gasteiger partial charge on any atom is 0.223 e. The van der Waals surface area contributed by atoms with Crippen molar-refractivity contribution in [2.24, 2.45) is 5.73 Å². The first kappa shape index (κ1) is 13.6. The van der Waals surface area contributed by atoms with Crippen molar-refractivity contribution < 1.29 is 4.79 Å². The van der Waals surface area contributed by atoms with Gasteiger partial charge in [0.15, 0.2) is 0 Å². The molecular formula is C14H19BrN2O. The lowest BCUT2D eigenvalue weighted by molar-refractivity contribution is -0.137. The second kappa shape index (κ2) is 5.85. The molecule has 2 rings (SSSR count). The van der Waals surface area contributed by atoms with Gasteiger partial charge in [-0.05, 0) is 30.5 Å². The number of rotatable bonds is 3. The summed E-state index contributed by atoms with van der Waals surface area (Å²) >= 11 is 3.43. The second-order valence-electron chi connectivity index (χ2n) is 4.79. The molecule has 0 aromatic heterocycles. The Morgan fingerprint density at radius 1 is 1.39 bits per heavy atom. The van der Waals surface area contributed by atoms with Crippen molar-refractivity contribution in [1.82, 2.24) is 4.90 Å². The molecule has 1 aliphatic heterocycles. The number of nitrogens with two attached hydrogens (primary N) is 1. The van der Waals surface area contributed by atoms with Gasteiger partial charge in [-0.15, -0.1) is 0 Å². The summed E-state index contributed by atoms with van der Waals surface area (Å²) in [4.78, 5) is 14.0. The first-order valence-electron chi connectivity index (χ1n) is 6.44. The zero-order chi connectivity index (χ0) is 13.1. The van der Waals surface area contributed by atoms with E-state index in [1.807, 2.05) is 17.0 Å². The molecule has 0 radical (unpaired) electrons. The zero-order valence-corrected chi connectivity index (χ0v) is 12.2. The number of halogens is 1. The molecule has 3 nitrogen and oxygen atoms in total. The molecule has 2 N–H and O–H groups in total. The van der Waals surface area contributed by atoms with Crippen LogP contribution in [0.4, 0.5) is 0 Å². The SMILES string of the molecule is CCCN1C(=O)CCC(N)C1c1ccc(Br)cc1. The van der Waals surface area contributed by atoms with E-state index in [4.69, 9.17) is 5.73 Å². The van der Waals surface area contributed by atoms with Gasteiger partial charge in [-0.3, -0.25) is 4.79 Å². The maximum absolute atomic E-state index is 12.0. The van der Waals surface area contributed by atoms with Crippen molar-refractivity contribution in [2.75, 3.05) is 6.54 Å². The normalized spacial score (nSPS) is 24.4. The fourth-order valence-corrected chi connectivity index (χ4v) is 2.83. The van der Waals surface area contributed by atoms with Crippen molar-refractivity contribution in [3.05, 3.63) is 34.3 Å². The fourth-order valence-electron chi connectivity index (χ4n) is 2.57. The van der Waals surface area contributed by atoms with Crippen LogP contribution in [-0.4, -0.2) is 23.4 Å². The van der Waals surface area contributed by atoms with Crippen LogP contribution in [0.15, 0.2) is 28.7 Å². The monoisotopic (exact) mass is 310 g/mol. The third-order valence-electron chi connectivity index (χ3n) is 3.43. The molecule has 1 fully saturated rings. The third kappa shape index (κ3) is 2.75. The van der Waals surface area contributed by atoms with Gasteiger partial charge in [0.05, 0.1) is 6.04 Å². The predicted molar refractivity (Wildman–Crippen MR) is 76.1 cm³/mol. The number of carbonyl (C=O) groups excluding carboxylic acids is 1. The highest BCUT2D eigenvalue weighted by atomic mass is 79.9. The van der Waals surface area contributed by atoms with E-state index >= 15 is 0 Å². The fraction of sp³-hybridized carbons (Fsp3) is 0.500. The van der Waals surface area contributed by atoms with Gasteiger partial charge in [0.2, 0.25) is 5.91 Å². The summed E-state index contributed by atoms with van der Waals surface area (Å²) in [7, 11) is 0. The van der Waals surface area contributed by atoms with Gasteiger partial charge in [-0.1, -0.05) is 35.0 Å². The van der Waals surface area contributed by atoms with Gasteiger partial charge in [0.25, 0.3) is 0 Å². The van der Waals surface area contributed by atoms with Crippen LogP contribution in [0, 0.1) is 0 Å². The molecule has 1 saturated heterocycles. The van der Waals surface area contributed by atoms with E-state index in [1.54, 1.807) is 0 Å². The molecule has 1 amide bonds. The molecule has 1 heterocycles. The van der Waals surface area contributed by atoms with Crippen LogP contribution in [0.3, 0.4) is 0 Å². The minimum Gasteiger partial charge on any atom is -0.334 e. The summed E-state index contributed by atoms with van der Waals surface area (Å²) in [6.07, 6.45) is 2.32. The van der Waals surface area contributed by atoms with E-state index in [1.165, 1.54) is 0 Å².